The average Bonchev–Trinajstić information content (AvgIpc) is 3.21. The molecular weight excluding hydrogens is 445 g/mol. The lowest BCUT2D eigenvalue weighted by atomic mass is 9.82. The van der Waals surface area contributed by atoms with E-state index in [9.17, 15) is 9.18 Å². The Morgan fingerprint density at radius 1 is 1.38 bits per heavy atom. The Morgan fingerprint density at radius 3 is 2.91 bits per heavy atom. The normalized spacial score (nSPS) is 22.8. The number of nitrogens with one attached hydrogen (secondary N) is 1. The van der Waals surface area contributed by atoms with E-state index in [0.29, 0.717) is 5.13 Å². The summed E-state index contributed by atoms with van der Waals surface area (Å²) < 4.78 is 18.6. The molecule has 3 unspecified atom stereocenters. The molecule has 0 aliphatic heterocycles. The first kappa shape index (κ1) is 22.6. The molecular formula is C24H24FN3O2S2. The third-order valence-electron chi connectivity index (χ3n) is 5.43. The zero-order valence-corrected chi connectivity index (χ0v) is 19.7. The molecule has 2 aromatic rings. The number of aromatic nitrogens is 2. The molecule has 8 heteroatoms. The third-order valence-corrected chi connectivity index (χ3v) is 7.23. The van der Waals surface area contributed by atoms with Crippen molar-refractivity contribution in [1.29, 1.82) is 0 Å². The lowest BCUT2D eigenvalue weighted by Gasteiger charge is -2.26. The quantitative estimate of drug-likeness (QED) is 0.519. The summed E-state index contributed by atoms with van der Waals surface area (Å²) in [5.41, 5.74) is 2.37. The van der Waals surface area contributed by atoms with Crippen LogP contribution in [-0.2, 0) is 4.74 Å². The summed E-state index contributed by atoms with van der Waals surface area (Å²) in [6, 6.07) is 2.58. The van der Waals surface area contributed by atoms with Crippen molar-refractivity contribution >= 4 is 34.1 Å². The van der Waals surface area contributed by atoms with Gasteiger partial charge in [-0.1, -0.05) is 42.5 Å². The fourth-order valence-corrected chi connectivity index (χ4v) is 5.73. The van der Waals surface area contributed by atoms with Crippen molar-refractivity contribution in [3.63, 3.8) is 0 Å². The molecule has 2 heterocycles. The number of carbonyl (C=O) groups excluding carboxylic acids is 1. The van der Waals surface area contributed by atoms with Crippen LogP contribution in [0.1, 0.15) is 42.2 Å². The van der Waals surface area contributed by atoms with Crippen molar-refractivity contribution in [3.8, 4) is 0 Å². The van der Waals surface area contributed by atoms with Crippen molar-refractivity contribution in [3.05, 3.63) is 86.7 Å². The number of nitrogens with zero attached hydrogens (tertiary/aromatic N) is 2. The molecule has 166 valence electrons. The van der Waals surface area contributed by atoms with Crippen LogP contribution in [0.25, 0.3) is 0 Å². The van der Waals surface area contributed by atoms with E-state index in [1.54, 1.807) is 18.9 Å². The molecule has 0 spiro atoms. The summed E-state index contributed by atoms with van der Waals surface area (Å²) in [4.78, 5) is 22.9. The van der Waals surface area contributed by atoms with E-state index in [1.807, 2.05) is 5.38 Å². The maximum absolute atomic E-state index is 13.3. The van der Waals surface area contributed by atoms with E-state index in [2.05, 4.69) is 59.5 Å². The second-order valence-electron chi connectivity index (χ2n) is 7.77. The van der Waals surface area contributed by atoms with Gasteiger partial charge in [0.2, 0.25) is 5.95 Å². The summed E-state index contributed by atoms with van der Waals surface area (Å²) in [7, 11) is 1.73. The maximum Gasteiger partial charge on any atom is 0.257 e. The zero-order chi connectivity index (χ0) is 22.7. The van der Waals surface area contributed by atoms with Gasteiger partial charge in [0.15, 0.2) is 5.13 Å². The fraction of sp³-hybridized carbons (Fsp3) is 0.292. The minimum atomic E-state index is -0.687. The molecule has 3 atom stereocenters. The van der Waals surface area contributed by atoms with Gasteiger partial charge in [0, 0.05) is 46.0 Å². The first-order chi connectivity index (χ1) is 15.4. The first-order valence-corrected chi connectivity index (χ1v) is 12.0. The molecule has 2 aliphatic rings. The molecule has 0 saturated carbocycles. The van der Waals surface area contributed by atoms with Crippen LogP contribution in [0.4, 0.5) is 9.52 Å². The Labute approximate surface area is 195 Å². The number of allylic oxidation sites excluding steroid dienone is 4. The van der Waals surface area contributed by atoms with Crippen molar-refractivity contribution in [2.24, 2.45) is 5.92 Å². The van der Waals surface area contributed by atoms with Gasteiger partial charge in [0.25, 0.3) is 5.91 Å². The van der Waals surface area contributed by atoms with Gasteiger partial charge in [-0.3, -0.25) is 10.1 Å². The van der Waals surface area contributed by atoms with Gasteiger partial charge in [-0.05, 0) is 37.5 Å². The number of rotatable bonds is 6. The summed E-state index contributed by atoms with van der Waals surface area (Å²) >= 11 is 3.13. The number of thiazole rings is 1. The molecule has 1 amide bonds. The van der Waals surface area contributed by atoms with Crippen molar-refractivity contribution in [2.75, 3.05) is 12.4 Å². The minimum absolute atomic E-state index is 0.147. The highest BCUT2D eigenvalue weighted by atomic mass is 32.2. The highest BCUT2D eigenvalue weighted by molar-refractivity contribution is 8.07. The fourth-order valence-electron chi connectivity index (χ4n) is 3.87. The number of pyridine rings is 1. The number of hydrogen-bond acceptors (Lipinski definition) is 6. The van der Waals surface area contributed by atoms with Crippen LogP contribution in [0.15, 0.2) is 69.5 Å². The van der Waals surface area contributed by atoms with Gasteiger partial charge in [-0.25, -0.2) is 9.97 Å². The molecule has 0 fully saturated rings. The largest absolute Gasteiger partial charge is 0.377 e. The topological polar surface area (TPSA) is 64.1 Å². The number of ether oxygens (including phenoxy) is 1. The number of methoxy groups -OCH3 is 1. The van der Waals surface area contributed by atoms with E-state index >= 15 is 0 Å². The standard InChI is InChI=1S/C24H24FN3O2S2/c1-14-10-19(32-18-6-4-17(30-3)5-7-18)11-15(2)22(14)20-13-31-24(27-20)28-23(29)16-8-9-26-21(25)12-16/h4,6-14,17,22H,5H2,1-3H3,(H,27,28,29). The highest BCUT2D eigenvalue weighted by Gasteiger charge is 2.27. The van der Waals surface area contributed by atoms with Crippen molar-refractivity contribution < 1.29 is 13.9 Å². The summed E-state index contributed by atoms with van der Waals surface area (Å²) in [6.07, 6.45) is 13.2. The SMILES string of the molecule is COC1C=CC(SC2=CC(C)C(c3csc(NC(=O)c4ccnc(F)c4)n3)C(C)=C2)=CC1. The Morgan fingerprint density at radius 2 is 2.22 bits per heavy atom. The van der Waals surface area contributed by atoms with Crippen LogP contribution in [0.5, 0.6) is 0 Å². The third kappa shape index (κ3) is 5.26. The number of hydrogen-bond donors (Lipinski definition) is 1. The summed E-state index contributed by atoms with van der Waals surface area (Å²) in [6.45, 7) is 4.31. The minimum Gasteiger partial charge on any atom is -0.377 e. The van der Waals surface area contributed by atoms with Gasteiger partial charge in [0.05, 0.1) is 11.8 Å². The lowest BCUT2D eigenvalue weighted by Crippen LogP contribution is -2.15. The van der Waals surface area contributed by atoms with Crippen LogP contribution in [0.3, 0.4) is 0 Å². The molecule has 32 heavy (non-hydrogen) atoms. The molecule has 1 N–H and O–H groups in total. The van der Waals surface area contributed by atoms with Crippen LogP contribution >= 0.6 is 23.1 Å². The Hall–Kier alpha value is -2.55. The second kappa shape index (κ2) is 9.94. The summed E-state index contributed by atoms with van der Waals surface area (Å²) in [5.74, 6) is -0.678. The number of amides is 1. The van der Waals surface area contributed by atoms with Gasteiger partial charge < -0.3 is 4.74 Å². The maximum atomic E-state index is 13.3. The molecule has 0 saturated heterocycles. The van der Waals surface area contributed by atoms with E-state index in [-0.39, 0.29) is 23.5 Å². The Balaban J connectivity index is 1.42. The smallest absolute Gasteiger partial charge is 0.257 e. The average molecular weight is 470 g/mol. The summed E-state index contributed by atoms with van der Waals surface area (Å²) in [5, 5.41) is 5.23. The first-order valence-electron chi connectivity index (χ1n) is 10.3. The van der Waals surface area contributed by atoms with Crippen LogP contribution in [0.2, 0.25) is 0 Å². The van der Waals surface area contributed by atoms with Crippen LogP contribution in [-0.4, -0.2) is 29.1 Å². The zero-order valence-electron chi connectivity index (χ0n) is 18.0. The predicted molar refractivity (Wildman–Crippen MR) is 128 cm³/mol. The second-order valence-corrected chi connectivity index (χ2v) is 9.78. The van der Waals surface area contributed by atoms with Crippen molar-refractivity contribution in [1.82, 2.24) is 9.97 Å². The molecule has 0 aromatic carbocycles. The van der Waals surface area contributed by atoms with Gasteiger partial charge in [-0.2, -0.15) is 4.39 Å². The molecule has 0 bridgehead atoms. The van der Waals surface area contributed by atoms with Crippen LogP contribution < -0.4 is 5.32 Å². The number of halogens is 1. The highest BCUT2D eigenvalue weighted by Crippen LogP contribution is 2.42. The number of thioether (sulfide) groups is 1. The Kier molecular flexibility index (Phi) is 7.03. The lowest BCUT2D eigenvalue weighted by molar-refractivity contribution is 0.102. The van der Waals surface area contributed by atoms with Gasteiger partial charge >= 0.3 is 0 Å². The molecule has 2 aliphatic carbocycles. The van der Waals surface area contributed by atoms with Crippen molar-refractivity contribution in [2.45, 2.75) is 32.3 Å². The molecule has 0 radical (unpaired) electrons. The number of anilines is 1. The van der Waals surface area contributed by atoms with Gasteiger partial charge in [-0.15, -0.1) is 11.3 Å². The molecule has 2 aromatic heterocycles. The van der Waals surface area contributed by atoms with E-state index < -0.39 is 11.9 Å². The van der Waals surface area contributed by atoms with E-state index in [0.717, 1.165) is 18.2 Å². The monoisotopic (exact) mass is 469 g/mol. The van der Waals surface area contributed by atoms with E-state index in [4.69, 9.17) is 4.74 Å². The molecule has 5 nitrogen and oxygen atoms in total. The van der Waals surface area contributed by atoms with Gasteiger partial charge in [0.1, 0.15) is 0 Å². The molecule has 4 rings (SSSR count). The number of carbonyl (C=O) groups is 1. The Bertz CT molecular complexity index is 1140. The van der Waals surface area contributed by atoms with E-state index in [1.165, 1.54) is 39.0 Å². The van der Waals surface area contributed by atoms with Crippen LogP contribution in [0, 0.1) is 11.9 Å². The predicted octanol–water partition coefficient (Wildman–Crippen LogP) is 6.09.